The number of hydrogen-bond acceptors (Lipinski definition) is 6. The van der Waals surface area contributed by atoms with E-state index in [2.05, 4.69) is 20.5 Å². The van der Waals surface area contributed by atoms with Gasteiger partial charge in [0.2, 0.25) is 5.88 Å². The Balaban J connectivity index is 2.04. The molecule has 88 valence electrons. The van der Waals surface area contributed by atoms with Crippen LogP contribution in [0.2, 0.25) is 0 Å². The summed E-state index contributed by atoms with van der Waals surface area (Å²) in [6.07, 6.45) is 1.62. The fourth-order valence-electron chi connectivity index (χ4n) is 1.11. The van der Waals surface area contributed by atoms with Crippen LogP contribution in [0.1, 0.15) is 17.4 Å². The zero-order chi connectivity index (χ0) is 12.1. The molecule has 0 unspecified atom stereocenters. The average Bonchev–Trinajstić information content (AvgIpc) is 2.83. The minimum Gasteiger partial charge on any atom is -0.477 e. The van der Waals surface area contributed by atoms with Crippen molar-refractivity contribution in [3.05, 3.63) is 29.4 Å². The number of hydrogen-bond donors (Lipinski definition) is 1. The number of thiazole rings is 1. The molecule has 0 aliphatic heterocycles. The monoisotopic (exact) mass is 250 g/mol. The highest BCUT2D eigenvalue weighted by Crippen LogP contribution is 2.12. The number of amides is 1. The predicted molar refractivity (Wildman–Crippen MR) is 63.3 cm³/mol. The van der Waals surface area contributed by atoms with E-state index in [-0.39, 0.29) is 11.6 Å². The van der Waals surface area contributed by atoms with Gasteiger partial charge in [-0.1, -0.05) is 0 Å². The first-order valence-electron chi connectivity index (χ1n) is 4.97. The molecular weight excluding hydrogens is 240 g/mol. The van der Waals surface area contributed by atoms with Gasteiger partial charge in [0.1, 0.15) is 0 Å². The number of carbonyl (C=O) groups is 1. The van der Waals surface area contributed by atoms with Gasteiger partial charge in [0.05, 0.1) is 6.61 Å². The minimum absolute atomic E-state index is 0.226. The molecule has 0 radical (unpaired) electrons. The number of nitrogens with one attached hydrogen (secondary N) is 1. The van der Waals surface area contributed by atoms with E-state index in [0.717, 1.165) is 0 Å². The van der Waals surface area contributed by atoms with Crippen LogP contribution >= 0.6 is 11.3 Å². The Morgan fingerprint density at radius 3 is 2.94 bits per heavy atom. The predicted octanol–water partition coefficient (Wildman–Crippen LogP) is 1.58. The summed E-state index contributed by atoms with van der Waals surface area (Å²) >= 11 is 1.34. The fraction of sp³-hybridized carbons (Fsp3) is 0.200. The molecule has 2 heterocycles. The van der Waals surface area contributed by atoms with E-state index in [1.807, 2.05) is 6.92 Å². The summed E-state index contributed by atoms with van der Waals surface area (Å²) in [5.74, 6) is 0.0637. The molecule has 0 fully saturated rings. The molecule has 2 rings (SSSR count). The highest BCUT2D eigenvalue weighted by Gasteiger charge is 2.09. The highest BCUT2D eigenvalue weighted by molar-refractivity contribution is 7.13. The summed E-state index contributed by atoms with van der Waals surface area (Å²) in [4.78, 5) is 15.6. The average molecular weight is 250 g/mol. The molecule has 7 heteroatoms. The largest absolute Gasteiger partial charge is 0.477 e. The van der Waals surface area contributed by atoms with Crippen molar-refractivity contribution in [3.63, 3.8) is 0 Å². The van der Waals surface area contributed by atoms with Crippen molar-refractivity contribution in [1.82, 2.24) is 15.2 Å². The molecule has 0 saturated heterocycles. The molecule has 0 bridgehead atoms. The molecule has 1 N–H and O–H groups in total. The highest BCUT2D eigenvalue weighted by atomic mass is 32.1. The Bertz CT molecular complexity index is 484. The SMILES string of the molecule is CCOc1ccc(C(=O)Nc2nccs2)nn1. The summed E-state index contributed by atoms with van der Waals surface area (Å²) in [6, 6.07) is 3.16. The van der Waals surface area contributed by atoms with Crippen molar-refractivity contribution < 1.29 is 9.53 Å². The first kappa shape index (κ1) is 11.5. The lowest BCUT2D eigenvalue weighted by Gasteiger charge is -2.02. The third-order valence-corrected chi connectivity index (χ3v) is 2.51. The van der Waals surface area contributed by atoms with Crippen molar-refractivity contribution in [2.24, 2.45) is 0 Å². The Hall–Kier alpha value is -2.02. The van der Waals surface area contributed by atoms with Crippen molar-refractivity contribution in [2.75, 3.05) is 11.9 Å². The molecule has 2 aromatic heterocycles. The number of rotatable bonds is 4. The second-order valence-corrected chi connectivity index (χ2v) is 3.88. The van der Waals surface area contributed by atoms with Crippen LogP contribution in [0.15, 0.2) is 23.7 Å². The Morgan fingerprint density at radius 2 is 2.35 bits per heavy atom. The number of carbonyl (C=O) groups excluding carboxylic acids is 1. The molecule has 0 aliphatic carbocycles. The topological polar surface area (TPSA) is 77.0 Å². The van der Waals surface area contributed by atoms with E-state index in [1.165, 1.54) is 11.3 Å². The second-order valence-electron chi connectivity index (χ2n) is 2.98. The van der Waals surface area contributed by atoms with Gasteiger partial charge in [-0.25, -0.2) is 4.98 Å². The van der Waals surface area contributed by atoms with E-state index in [9.17, 15) is 4.79 Å². The molecule has 17 heavy (non-hydrogen) atoms. The first-order chi connectivity index (χ1) is 8.29. The lowest BCUT2D eigenvalue weighted by Crippen LogP contribution is -2.14. The number of ether oxygens (including phenoxy) is 1. The van der Waals surface area contributed by atoms with E-state index < -0.39 is 0 Å². The standard InChI is InChI=1S/C10H10N4O2S/c1-2-16-8-4-3-7(13-14-8)9(15)12-10-11-5-6-17-10/h3-6H,2H2,1H3,(H,11,12,15). The molecule has 0 spiro atoms. The van der Waals surface area contributed by atoms with Crippen molar-refractivity contribution in [1.29, 1.82) is 0 Å². The summed E-state index contributed by atoms with van der Waals surface area (Å²) < 4.78 is 5.13. The zero-order valence-corrected chi connectivity index (χ0v) is 9.90. The van der Waals surface area contributed by atoms with Crippen molar-refractivity contribution in [3.8, 4) is 5.88 Å². The number of aromatic nitrogens is 3. The smallest absolute Gasteiger partial charge is 0.277 e. The Morgan fingerprint density at radius 1 is 1.47 bits per heavy atom. The zero-order valence-electron chi connectivity index (χ0n) is 9.08. The molecule has 0 aromatic carbocycles. The van der Waals surface area contributed by atoms with Gasteiger partial charge in [0, 0.05) is 17.6 Å². The van der Waals surface area contributed by atoms with E-state index in [4.69, 9.17) is 4.74 Å². The van der Waals surface area contributed by atoms with Gasteiger partial charge in [-0.3, -0.25) is 10.1 Å². The van der Waals surface area contributed by atoms with Crippen molar-refractivity contribution in [2.45, 2.75) is 6.92 Å². The van der Waals surface area contributed by atoms with Crippen LogP contribution < -0.4 is 10.1 Å². The van der Waals surface area contributed by atoms with Gasteiger partial charge in [-0.15, -0.1) is 21.5 Å². The lowest BCUT2D eigenvalue weighted by atomic mass is 10.4. The van der Waals surface area contributed by atoms with Crippen LogP contribution in [0, 0.1) is 0 Å². The van der Waals surface area contributed by atoms with Gasteiger partial charge < -0.3 is 4.74 Å². The van der Waals surface area contributed by atoms with Crippen LogP contribution in [-0.2, 0) is 0 Å². The van der Waals surface area contributed by atoms with Gasteiger partial charge in [0.25, 0.3) is 5.91 Å². The normalized spacial score (nSPS) is 9.94. The number of nitrogens with zero attached hydrogens (tertiary/aromatic N) is 3. The second kappa shape index (κ2) is 5.35. The van der Waals surface area contributed by atoms with Crippen LogP contribution in [0.25, 0.3) is 0 Å². The Labute approximate surface area is 102 Å². The summed E-state index contributed by atoms with van der Waals surface area (Å²) in [7, 11) is 0. The summed E-state index contributed by atoms with van der Waals surface area (Å²) in [5, 5.41) is 12.5. The maximum absolute atomic E-state index is 11.7. The van der Waals surface area contributed by atoms with Crippen LogP contribution in [0.3, 0.4) is 0 Å². The quantitative estimate of drug-likeness (QED) is 0.891. The first-order valence-corrected chi connectivity index (χ1v) is 5.85. The fourth-order valence-corrected chi connectivity index (χ4v) is 1.64. The van der Waals surface area contributed by atoms with Crippen LogP contribution in [0.4, 0.5) is 5.13 Å². The number of anilines is 1. The van der Waals surface area contributed by atoms with Crippen LogP contribution in [-0.4, -0.2) is 27.7 Å². The third-order valence-electron chi connectivity index (χ3n) is 1.82. The van der Waals surface area contributed by atoms with E-state index in [1.54, 1.807) is 23.7 Å². The minimum atomic E-state index is -0.338. The third kappa shape index (κ3) is 2.97. The molecule has 6 nitrogen and oxygen atoms in total. The van der Waals surface area contributed by atoms with Gasteiger partial charge in [0.15, 0.2) is 10.8 Å². The summed E-state index contributed by atoms with van der Waals surface area (Å²) in [5.41, 5.74) is 0.226. The lowest BCUT2D eigenvalue weighted by molar-refractivity contribution is 0.102. The van der Waals surface area contributed by atoms with Crippen molar-refractivity contribution >= 4 is 22.4 Å². The van der Waals surface area contributed by atoms with Gasteiger partial charge in [-0.2, -0.15) is 0 Å². The maximum Gasteiger partial charge on any atom is 0.277 e. The molecule has 2 aromatic rings. The molecule has 0 saturated carbocycles. The molecule has 0 aliphatic rings. The molecular formula is C10H10N4O2S. The summed E-state index contributed by atoms with van der Waals surface area (Å²) in [6.45, 7) is 2.37. The molecule has 0 atom stereocenters. The Kier molecular flexibility index (Phi) is 3.61. The van der Waals surface area contributed by atoms with Gasteiger partial charge >= 0.3 is 0 Å². The maximum atomic E-state index is 11.7. The molecule has 1 amide bonds. The van der Waals surface area contributed by atoms with Crippen LogP contribution in [0.5, 0.6) is 5.88 Å². The van der Waals surface area contributed by atoms with E-state index in [0.29, 0.717) is 17.6 Å². The van der Waals surface area contributed by atoms with Gasteiger partial charge in [-0.05, 0) is 13.0 Å². The van der Waals surface area contributed by atoms with E-state index >= 15 is 0 Å².